The Labute approximate surface area is 607 Å². The minimum absolute atomic E-state index is 0.105. The first-order valence-electron chi connectivity index (χ1n) is 41.2. The van der Waals surface area contributed by atoms with Crippen LogP contribution in [0.4, 0.5) is 0 Å². The maximum atomic E-state index is 13.1. The molecule has 0 saturated heterocycles. The van der Waals surface area contributed by atoms with Crippen molar-refractivity contribution in [3.05, 3.63) is 0 Å². The highest BCUT2D eigenvalue weighted by Crippen LogP contribution is 2.45. The zero-order chi connectivity index (χ0) is 73.1. The third-order valence-electron chi connectivity index (χ3n) is 18.6. The van der Waals surface area contributed by atoms with Crippen molar-refractivity contribution in [2.75, 3.05) is 39.6 Å². The van der Waals surface area contributed by atoms with E-state index in [1.807, 2.05) is 0 Å². The molecule has 0 radical (unpaired) electrons. The summed E-state index contributed by atoms with van der Waals surface area (Å²) in [6, 6.07) is 0. The molecule has 3 unspecified atom stereocenters. The Kier molecular flexibility index (Phi) is 67.8. The lowest BCUT2D eigenvalue weighted by molar-refractivity contribution is -0.161. The van der Waals surface area contributed by atoms with E-state index < -0.39 is 97.5 Å². The highest BCUT2D eigenvalue weighted by molar-refractivity contribution is 7.47. The summed E-state index contributed by atoms with van der Waals surface area (Å²) in [5.74, 6) is 0.940. The quantitative estimate of drug-likeness (QED) is 0.0222. The van der Waals surface area contributed by atoms with Gasteiger partial charge in [-0.25, -0.2) is 9.13 Å². The highest BCUT2D eigenvalue weighted by atomic mass is 31.2. The fraction of sp³-hybridized carbons (Fsp3) is 0.950. The number of carbonyl (C=O) groups is 4. The Morgan fingerprint density at radius 1 is 0.253 bits per heavy atom. The van der Waals surface area contributed by atoms with Crippen LogP contribution in [0.5, 0.6) is 0 Å². The van der Waals surface area contributed by atoms with Crippen LogP contribution in [0, 0.1) is 23.7 Å². The van der Waals surface area contributed by atoms with Crippen LogP contribution in [0.1, 0.15) is 409 Å². The molecule has 0 aliphatic rings. The van der Waals surface area contributed by atoms with Crippen molar-refractivity contribution >= 4 is 39.5 Å². The lowest BCUT2D eigenvalue weighted by Crippen LogP contribution is -2.30. The Hall–Kier alpha value is -1.94. The SMILES string of the molecule is CC(C)CCCCCCCCCCCCCCCCCCCCC(=O)OC[C@H](COP(=O)(O)OCC(O)COP(=O)(O)OC[C@@H](COC(=O)CCCCCCCCCC(C)C)OC(=O)CCCCCCCCCCCCC(C)C)OC(=O)CCCCCCCCCCCCCCC(C)C. The topological polar surface area (TPSA) is 237 Å². The molecule has 0 aromatic carbocycles. The van der Waals surface area contributed by atoms with Crippen LogP contribution in [-0.2, 0) is 65.4 Å². The molecule has 0 rings (SSSR count). The largest absolute Gasteiger partial charge is 0.472 e. The summed E-state index contributed by atoms with van der Waals surface area (Å²) in [5.41, 5.74) is 0. The van der Waals surface area contributed by atoms with Gasteiger partial charge in [-0.15, -0.1) is 0 Å². The third kappa shape index (κ3) is 74.1. The van der Waals surface area contributed by atoms with Crippen molar-refractivity contribution < 1.29 is 80.2 Å². The summed E-state index contributed by atoms with van der Waals surface area (Å²) >= 11 is 0. The normalized spacial score (nSPS) is 14.1. The standard InChI is InChI=1S/C80H156O17P2/c1-70(2)56-48-40-32-25-19-15-13-11-9-10-12-14-16-21-28-36-44-52-60-77(82)90-66-75(96-79(84)62-54-46-37-29-22-18-17-20-26-33-41-49-57-71(3)4)68-94-98(86,87)92-64-74(81)65-93-99(88,89)95-69-76(67-91-78(83)61-53-45-39-31-35-43-51-59-73(7)8)97-80(85)63-55-47-38-30-24-23-27-34-42-50-58-72(5)6/h70-76,81H,9-69H2,1-8H3,(H,86,87)(H,88,89)/t74?,75-,76-/m1/s1. The number of rotatable bonds is 77. The van der Waals surface area contributed by atoms with Crippen LogP contribution in [-0.4, -0.2) is 96.7 Å². The first kappa shape index (κ1) is 97.1. The summed E-state index contributed by atoms with van der Waals surface area (Å²) in [4.78, 5) is 72.9. The van der Waals surface area contributed by atoms with E-state index in [0.717, 1.165) is 114 Å². The summed E-state index contributed by atoms with van der Waals surface area (Å²) in [6.07, 6.45) is 55.7. The van der Waals surface area contributed by atoms with Crippen LogP contribution in [0.3, 0.4) is 0 Å². The number of ether oxygens (including phenoxy) is 4. The molecule has 99 heavy (non-hydrogen) atoms. The third-order valence-corrected chi connectivity index (χ3v) is 20.5. The van der Waals surface area contributed by atoms with Gasteiger partial charge in [0.05, 0.1) is 26.4 Å². The van der Waals surface area contributed by atoms with Gasteiger partial charge in [0.25, 0.3) is 0 Å². The van der Waals surface area contributed by atoms with E-state index in [0.29, 0.717) is 31.6 Å². The second kappa shape index (κ2) is 69.1. The van der Waals surface area contributed by atoms with Gasteiger partial charge in [-0.05, 0) is 49.4 Å². The molecule has 0 amide bonds. The summed E-state index contributed by atoms with van der Waals surface area (Å²) in [6.45, 7) is 14.2. The number of phosphoric acid groups is 2. The van der Waals surface area contributed by atoms with Gasteiger partial charge in [-0.1, -0.05) is 357 Å². The number of carbonyl (C=O) groups excluding carboxylic acids is 4. The molecule has 0 aromatic heterocycles. The Morgan fingerprint density at radius 2 is 0.424 bits per heavy atom. The van der Waals surface area contributed by atoms with Gasteiger partial charge >= 0.3 is 39.5 Å². The smallest absolute Gasteiger partial charge is 0.462 e. The molecule has 0 aliphatic heterocycles. The molecule has 0 bridgehead atoms. The first-order chi connectivity index (χ1) is 47.6. The molecule has 588 valence electrons. The molecular formula is C80H156O17P2. The maximum Gasteiger partial charge on any atom is 0.472 e. The van der Waals surface area contributed by atoms with Gasteiger partial charge in [0.15, 0.2) is 12.2 Å². The van der Waals surface area contributed by atoms with Crippen molar-refractivity contribution in [3.8, 4) is 0 Å². The van der Waals surface area contributed by atoms with Crippen molar-refractivity contribution in [1.82, 2.24) is 0 Å². The molecule has 5 atom stereocenters. The second-order valence-electron chi connectivity index (χ2n) is 30.7. The number of unbranched alkanes of at least 4 members (excludes halogenated alkanes) is 43. The first-order valence-corrected chi connectivity index (χ1v) is 44.2. The van der Waals surface area contributed by atoms with Crippen LogP contribution < -0.4 is 0 Å². The predicted molar refractivity (Wildman–Crippen MR) is 404 cm³/mol. The number of aliphatic hydroxyl groups excluding tert-OH is 1. The number of hydrogen-bond acceptors (Lipinski definition) is 15. The van der Waals surface area contributed by atoms with Gasteiger partial charge in [-0.3, -0.25) is 37.3 Å². The van der Waals surface area contributed by atoms with Crippen molar-refractivity contribution in [3.63, 3.8) is 0 Å². The average molecular weight is 1450 g/mol. The van der Waals surface area contributed by atoms with Gasteiger partial charge in [0.2, 0.25) is 0 Å². The van der Waals surface area contributed by atoms with E-state index in [1.165, 1.54) is 205 Å². The molecule has 0 saturated carbocycles. The summed E-state index contributed by atoms with van der Waals surface area (Å²) in [7, 11) is -9.92. The molecule has 17 nitrogen and oxygen atoms in total. The van der Waals surface area contributed by atoms with E-state index in [-0.39, 0.29) is 25.7 Å². The van der Waals surface area contributed by atoms with Crippen LogP contribution in [0.2, 0.25) is 0 Å². The average Bonchev–Trinajstić information content (AvgIpc) is 0.971. The van der Waals surface area contributed by atoms with E-state index in [4.69, 9.17) is 37.0 Å². The lowest BCUT2D eigenvalue weighted by Gasteiger charge is -2.21. The van der Waals surface area contributed by atoms with Gasteiger partial charge < -0.3 is 33.8 Å². The van der Waals surface area contributed by atoms with Crippen molar-refractivity contribution in [1.29, 1.82) is 0 Å². The molecule has 0 fully saturated rings. The Bertz CT molecular complexity index is 1940. The highest BCUT2D eigenvalue weighted by Gasteiger charge is 2.30. The number of hydrogen-bond donors (Lipinski definition) is 3. The van der Waals surface area contributed by atoms with Gasteiger partial charge in [0, 0.05) is 25.7 Å². The number of phosphoric ester groups is 2. The van der Waals surface area contributed by atoms with E-state index >= 15 is 0 Å². The van der Waals surface area contributed by atoms with E-state index in [2.05, 4.69) is 55.4 Å². The molecule has 0 aromatic rings. The Morgan fingerprint density at radius 3 is 0.626 bits per heavy atom. The predicted octanol–water partition coefficient (Wildman–Crippen LogP) is 23.6. The van der Waals surface area contributed by atoms with Gasteiger partial charge in [0.1, 0.15) is 19.3 Å². The Balaban J connectivity index is 5.21. The summed E-state index contributed by atoms with van der Waals surface area (Å²) < 4.78 is 68.6. The molecular weight excluding hydrogens is 1290 g/mol. The zero-order valence-electron chi connectivity index (χ0n) is 65.1. The van der Waals surface area contributed by atoms with Crippen LogP contribution in [0.15, 0.2) is 0 Å². The number of esters is 4. The second-order valence-corrected chi connectivity index (χ2v) is 33.6. The van der Waals surface area contributed by atoms with Crippen LogP contribution >= 0.6 is 15.6 Å². The van der Waals surface area contributed by atoms with E-state index in [1.54, 1.807) is 0 Å². The molecule has 0 aliphatic carbocycles. The molecule has 0 heterocycles. The zero-order valence-corrected chi connectivity index (χ0v) is 66.9. The molecule has 19 heteroatoms. The lowest BCUT2D eigenvalue weighted by atomic mass is 10.0. The van der Waals surface area contributed by atoms with Gasteiger partial charge in [-0.2, -0.15) is 0 Å². The fourth-order valence-corrected chi connectivity index (χ4v) is 13.8. The minimum Gasteiger partial charge on any atom is -0.462 e. The van der Waals surface area contributed by atoms with E-state index in [9.17, 15) is 43.2 Å². The fourth-order valence-electron chi connectivity index (χ4n) is 12.3. The number of aliphatic hydroxyl groups is 1. The van der Waals surface area contributed by atoms with Crippen LogP contribution in [0.25, 0.3) is 0 Å². The summed E-state index contributed by atoms with van der Waals surface area (Å²) in [5, 5.41) is 10.6. The molecule has 0 spiro atoms. The molecule has 3 N–H and O–H groups in total. The minimum atomic E-state index is -4.96. The monoisotopic (exact) mass is 1450 g/mol. The van der Waals surface area contributed by atoms with Crippen molar-refractivity contribution in [2.24, 2.45) is 23.7 Å². The maximum absolute atomic E-state index is 13.1. The van der Waals surface area contributed by atoms with Crippen molar-refractivity contribution in [2.45, 2.75) is 427 Å².